The summed E-state index contributed by atoms with van der Waals surface area (Å²) < 4.78 is 26.8. The van der Waals surface area contributed by atoms with Crippen molar-refractivity contribution >= 4 is 15.7 Å². The normalized spacial score (nSPS) is 11.0. The van der Waals surface area contributed by atoms with Gasteiger partial charge in [0.15, 0.2) is 0 Å². The van der Waals surface area contributed by atoms with E-state index in [1.165, 1.54) is 17.4 Å². The molecule has 0 radical (unpaired) electrons. The minimum atomic E-state index is -3.70. The summed E-state index contributed by atoms with van der Waals surface area (Å²) in [5, 5.41) is 8.96. The molecule has 108 valence electrons. The lowest BCUT2D eigenvalue weighted by Gasteiger charge is -2.22. The third-order valence-corrected chi connectivity index (χ3v) is 5.32. The van der Waals surface area contributed by atoms with Gasteiger partial charge >= 0.3 is 0 Å². The first-order valence-corrected chi connectivity index (χ1v) is 7.87. The van der Waals surface area contributed by atoms with Gasteiger partial charge in [-0.05, 0) is 43.2 Å². The van der Waals surface area contributed by atoms with Crippen molar-refractivity contribution in [1.82, 2.24) is 0 Å². The third-order valence-electron chi connectivity index (χ3n) is 3.41. The Morgan fingerprint density at radius 3 is 2.33 bits per heavy atom. The summed E-state index contributed by atoms with van der Waals surface area (Å²) >= 11 is 0. The van der Waals surface area contributed by atoms with Crippen molar-refractivity contribution in [2.24, 2.45) is 0 Å². The zero-order chi connectivity index (χ0) is 15.6. The standard InChI is InChI=1S/C16H16N2O2S/c1-12-6-4-5-7-15(12)18(3)21(19,20)16-10-14(11-17)9-8-13(16)2/h4-10H,1-3H3. The van der Waals surface area contributed by atoms with E-state index in [9.17, 15) is 8.42 Å². The molecule has 0 fully saturated rings. The van der Waals surface area contributed by atoms with E-state index in [2.05, 4.69) is 0 Å². The first-order valence-electron chi connectivity index (χ1n) is 6.43. The highest BCUT2D eigenvalue weighted by molar-refractivity contribution is 7.92. The number of hydrogen-bond acceptors (Lipinski definition) is 3. The Hall–Kier alpha value is -2.32. The average Bonchev–Trinajstić information content (AvgIpc) is 2.47. The lowest BCUT2D eigenvalue weighted by atomic mass is 10.2. The zero-order valence-electron chi connectivity index (χ0n) is 12.2. The van der Waals surface area contributed by atoms with Crippen LogP contribution in [0.3, 0.4) is 0 Å². The Morgan fingerprint density at radius 2 is 1.71 bits per heavy atom. The Kier molecular flexibility index (Phi) is 4.01. The molecule has 0 N–H and O–H groups in total. The maximum absolute atomic E-state index is 12.8. The molecular formula is C16H16N2O2S. The minimum absolute atomic E-state index is 0.160. The predicted octanol–water partition coefficient (Wildman–Crippen LogP) is 3.00. The Morgan fingerprint density at radius 1 is 1.05 bits per heavy atom. The van der Waals surface area contributed by atoms with Crippen LogP contribution >= 0.6 is 0 Å². The Bertz CT molecular complexity index is 820. The maximum atomic E-state index is 12.8. The van der Waals surface area contributed by atoms with Crippen molar-refractivity contribution in [2.45, 2.75) is 18.7 Å². The highest BCUT2D eigenvalue weighted by Gasteiger charge is 2.24. The molecule has 21 heavy (non-hydrogen) atoms. The molecule has 2 aromatic rings. The SMILES string of the molecule is Cc1ccccc1N(C)S(=O)(=O)c1cc(C#N)ccc1C. The Labute approximate surface area is 125 Å². The molecule has 0 saturated carbocycles. The van der Waals surface area contributed by atoms with Crippen LogP contribution in [0.25, 0.3) is 0 Å². The molecule has 0 atom stereocenters. The van der Waals surface area contributed by atoms with Crippen LogP contribution in [0.2, 0.25) is 0 Å². The quantitative estimate of drug-likeness (QED) is 0.875. The number of rotatable bonds is 3. The largest absolute Gasteiger partial charge is 0.269 e. The Balaban J connectivity index is 2.58. The monoisotopic (exact) mass is 300 g/mol. The second kappa shape index (κ2) is 5.58. The van der Waals surface area contributed by atoms with Gasteiger partial charge in [-0.25, -0.2) is 8.42 Å². The van der Waals surface area contributed by atoms with Crippen LogP contribution in [0.4, 0.5) is 5.69 Å². The van der Waals surface area contributed by atoms with Gasteiger partial charge in [0.05, 0.1) is 22.2 Å². The van der Waals surface area contributed by atoms with Crippen LogP contribution in [-0.2, 0) is 10.0 Å². The van der Waals surface area contributed by atoms with Crippen molar-refractivity contribution in [3.8, 4) is 6.07 Å². The summed E-state index contributed by atoms with van der Waals surface area (Å²) in [4.78, 5) is 0.160. The van der Waals surface area contributed by atoms with Gasteiger partial charge < -0.3 is 0 Å². The zero-order valence-corrected chi connectivity index (χ0v) is 13.0. The highest BCUT2D eigenvalue weighted by atomic mass is 32.2. The van der Waals surface area contributed by atoms with Gasteiger partial charge in [-0.1, -0.05) is 24.3 Å². The molecule has 0 heterocycles. The van der Waals surface area contributed by atoms with Gasteiger partial charge in [0.1, 0.15) is 0 Å². The van der Waals surface area contributed by atoms with E-state index in [0.717, 1.165) is 5.56 Å². The summed E-state index contributed by atoms with van der Waals surface area (Å²) in [6, 6.07) is 13.9. The molecule has 0 amide bonds. The fraction of sp³-hybridized carbons (Fsp3) is 0.188. The maximum Gasteiger partial charge on any atom is 0.264 e. The fourth-order valence-electron chi connectivity index (χ4n) is 2.14. The van der Waals surface area contributed by atoms with Gasteiger partial charge in [-0.3, -0.25) is 4.31 Å². The first-order chi connectivity index (χ1) is 9.87. The van der Waals surface area contributed by atoms with E-state index in [0.29, 0.717) is 16.8 Å². The van der Waals surface area contributed by atoms with Crippen LogP contribution in [0.5, 0.6) is 0 Å². The van der Waals surface area contributed by atoms with E-state index < -0.39 is 10.0 Å². The number of benzene rings is 2. The van der Waals surface area contributed by atoms with Gasteiger partial charge in [0, 0.05) is 7.05 Å². The summed E-state index contributed by atoms with van der Waals surface area (Å²) in [7, 11) is -2.17. The van der Waals surface area contributed by atoms with E-state index in [1.807, 2.05) is 25.1 Å². The topological polar surface area (TPSA) is 61.2 Å². The third kappa shape index (κ3) is 2.76. The number of aryl methyl sites for hydroxylation is 2. The highest BCUT2D eigenvalue weighted by Crippen LogP contribution is 2.27. The summed E-state index contributed by atoms with van der Waals surface area (Å²) in [6.07, 6.45) is 0. The lowest BCUT2D eigenvalue weighted by Crippen LogP contribution is -2.27. The molecular weight excluding hydrogens is 284 g/mol. The van der Waals surface area contributed by atoms with Gasteiger partial charge in [0.25, 0.3) is 10.0 Å². The number of nitrogens with zero attached hydrogens (tertiary/aromatic N) is 2. The van der Waals surface area contributed by atoms with Gasteiger partial charge in [0.2, 0.25) is 0 Å². The average molecular weight is 300 g/mol. The second-order valence-electron chi connectivity index (χ2n) is 4.85. The van der Waals surface area contributed by atoms with Crippen LogP contribution in [0.1, 0.15) is 16.7 Å². The molecule has 0 spiro atoms. The number of sulfonamides is 1. The molecule has 0 aromatic heterocycles. The first kappa shape index (κ1) is 15.1. The van der Waals surface area contributed by atoms with Gasteiger partial charge in [-0.15, -0.1) is 0 Å². The molecule has 0 aliphatic carbocycles. The number of nitriles is 1. The van der Waals surface area contributed by atoms with Crippen molar-refractivity contribution < 1.29 is 8.42 Å². The van der Waals surface area contributed by atoms with Crippen LogP contribution in [0, 0.1) is 25.2 Å². The van der Waals surface area contributed by atoms with Crippen LogP contribution in [-0.4, -0.2) is 15.5 Å². The molecule has 0 unspecified atom stereocenters. The molecule has 2 aromatic carbocycles. The van der Waals surface area contributed by atoms with E-state index in [1.54, 1.807) is 31.2 Å². The summed E-state index contributed by atoms with van der Waals surface area (Å²) in [5.74, 6) is 0. The molecule has 4 nitrogen and oxygen atoms in total. The van der Waals surface area contributed by atoms with E-state index in [4.69, 9.17) is 5.26 Å². The molecule has 0 aliphatic rings. The molecule has 0 aliphatic heterocycles. The van der Waals surface area contributed by atoms with Crippen molar-refractivity contribution in [2.75, 3.05) is 11.4 Å². The van der Waals surface area contributed by atoms with Gasteiger partial charge in [-0.2, -0.15) is 5.26 Å². The summed E-state index contributed by atoms with van der Waals surface area (Å²) in [6.45, 7) is 3.58. The van der Waals surface area contributed by atoms with Crippen molar-refractivity contribution in [1.29, 1.82) is 5.26 Å². The number of hydrogen-bond donors (Lipinski definition) is 0. The number of anilines is 1. The summed E-state index contributed by atoms with van der Waals surface area (Å²) in [5.41, 5.74) is 2.45. The van der Waals surface area contributed by atoms with E-state index in [-0.39, 0.29) is 4.90 Å². The van der Waals surface area contributed by atoms with Crippen molar-refractivity contribution in [3.05, 3.63) is 59.2 Å². The van der Waals surface area contributed by atoms with E-state index >= 15 is 0 Å². The smallest absolute Gasteiger partial charge is 0.264 e. The number of para-hydroxylation sites is 1. The lowest BCUT2D eigenvalue weighted by molar-refractivity contribution is 0.593. The second-order valence-corrected chi connectivity index (χ2v) is 6.79. The fourth-order valence-corrected chi connectivity index (χ4v) is 3.65. The van der Waals surface area contributed by atoms with Crippen molar-refractivity contribution in [3.63, 3.8) is 0 Å². The molecule has 5 heteroatoms. The van der Waals surface area contributed by atoms with Crippen LogP contribution < -0.4 is 4.31 Å². The molecule has 0 saturated heterocycles. The molecule has 0 bridgehead atoms. The minimum Gasteiger partial charge on any atom is -0.269 e. The van der Waals surface area contributed by atoms with Crippen LogP contribution in [0.15, 0.2) is 47.4 Å². The predicted molar refractivity (Wildman–Crippen MR) is 82.7 cm³/mol. The molecule has 2 rings (SSSR count).